The van der Waals surface area contributed by atoms with Crippen molar-refractivity contribution < 1.29 is 70.8 Å². The van der Waals surface area contributed by atoms with Gasteiger partial charge in [0.05, 0.1) is 0 Å². The normalized spacial score (nSPS) is 9.68. The third kappa shape index (κ3) is 66.1. The topological polar surface area (TPSA) is 222 Å². The standard InChI is InChI=1S/2C2H6N2.CH6O6P2.2Pt/c2*3-1-2-4;2-8(3,4)1-9(5,6)7;;/h2*3-4H,1-2H2;1H2,(H2,2,3,4)(H2,5,6,7);;/q2*-2;;2*+4/p-4. The Kier molecular flexibility index (Phi) is 33.3. The van der Waals surface area contributed by atoms with Gasteiger partial charge in [0, 0.05) is 5.90 Å². The monoisotopic (exact) mass is 678 g/mol. The van der Waals surface area contributed by atoms with Crippen molar-refractivity contribution in [2.45, 2.75) is 0 Å². The van der Waals surface area contributed by atoms with Crippen LogP contribution in [0.2, 0.25) is 0 Å². The molecule has 0 fully saturated rings. The summed E-state index contributed by atoms with van der Waals surface area (Å²) in [5.74, 6) is -1.82. The average molecular weight is 678 g/mol. The summed E-state index contributed by atoms with van der Waals surface area (Å²) in [6.07, 6.45) is 0. The fourth-order valence-electron chi connectivity index (χ4n) is 0.212. The maximum absolute atomic E-state index is 9.55. The molecule has 0 rings (SSSR count). The minimum absolute atomic E-state index is 0. The smallest absolute Gasteiger partial charge is 0.810 e. The van der Waals surface area contributed by atoms with Crippen molar-refractivity contribution in [3.8, 4) is 0 Å². The first kappa shape index (κ1) is 32.5. The predicted octanol–water partition coefficient (Wildman–Crippen LogP) is -1.05. The van der Waals surface area contributed by atoms with E-state index in [9.17, 15) is 28.7 Å². The van der Waals surface area contributed by atoms with E-state index >= 15 is 0 Å². The zero-order valence-electron chi connectivity index (χ0n) is 9.51. The molecule has 0 spiro atoms. The number of hydrogen-bond acceptors (Lipinski definition) is 6. The van der Waals surface area contributed by atoms with Gasteiger partial charge in [-0.25, -0.2) is 0 Å². The van der Waals surface area contributed by atoms with E-state index in [2.05, 4.69) is 0 Å². The second kappa shape index (κ2) is 19.5. The van der Waals surface area contributed by atoms with Gasteiger partial charge in [0.2, 0.25) is 0 Å². The van der Waals surface area contributed by atoms with Crippen LogP contribution in [0.5, 0.6) is 0 Å². The van der Waals surface area contributed by atoms with Crippen molar-refractivity contribution >= 4 is 15.2 Å². The van der Waals surface area contributed by atoms with Gasteiger partial charge in [-0.3, -0.25) is 0 Å². The molecule has 0 aromatic carbocycles. The summed E-state index contributed by atoms with van der Waals surface area (Å²) in [4.78, 5) is 38.2. The predicted molar refractivity (Wildman–Crippen MR) is 56.8 cm³/mol. The van der Waals surface area contributed by atoms with Gasteiger partial charge >= 0.3 is 42.1 Å². The summed E-state index contributed by atoms with van der Waals surface area (Å²) in [7, 11) is -10.4. The van der Waals surface area contributed by atoms with Gasteiger partial charge in [0.25, 0.3) is 0 Å². The van der Waals surface area contributed by atoms with Crippen molar-refractivity contribution in [2.75, 3.05) is 32.1 Å². The van der Waals surface area contributed by atoms with Crippen LogP contribution in [0.25, 0.3) is 22.9 Å². The maximum Gasteiger partial charge on any atom is 4.00 e. The fraction of sp³-hybridized carbons (Fsp3) is 1.00. The van der Waals surface area contributed by atoms with Crippen LogP contribution in [-0.4, -0.2) is 32.1 Å². The van der Waals surface area contributed by atoms with Crippen LogP contribution in [0.1, 0.15) is 0 Å². The van der Waals surface area contributed by atoms with E-state index in [0.29, 0.717) is 0 Å². The molecule has 0 aliphatic rings. The summed E-state index contributed by atoms with van der Waals surface area (Å²) >= 11 is 0. The maximum atomic E-state index is 9.55. The first-order chi connectivity index (χ1) is 7.54. The van der Waals surface area contributed by atoms with Gasteiger partial charge < -0.3 is 51.6 Å². The molecular weight excluding hydrogens is 664 g/mol. The second-order valence-electron chi connectivity index (χ2n) is 2.36. The van der Waals surface area contributed by atoms with E-state index in [1.54, 1.807) is 0 Å². The van der Waals surface area contributed by atoms with E-state index in [-0.39, 0.29) is 68.3 Å². The summed E-state index contributed by atoms with van der Waals surface area (Å²) < 4.78 is 19.1. The molecule has 0 atom stereocenters. The van der Waals surface area contributed by atoms with Crippen molar-refractivity contribution in [3.63, 3.8) is 0 Å². The molecular formula is C5H14N4O6P2Pt2. The van der Waals surface area contributed by atoms with Crippen LogP contribution >= 0.6 is 15.2 Å². The molecule has 14 heteroatoms. The number of hydrogen-bond donors (Lipinski definition) is 0. The zero-order chi connectivity index (χ0) is 14.5. The van der Waals surface area contributed by atoms with E-state index in [4.69, 9.17) is 22.9 Å². The number of rotatable bonds is 4. The summed E-state index contributed by atoms with van der Waals surface area (Å²) in [5, 5.41) is 0. The summed E-state index contributed by atoms with van der Waals surface area (Å²) in [6.45, 7) is 0.944. The van der Waals surface area contributed by atoms with Crippen molar-refractivity contribution in [1.29, 1.82) is 0 Å². The number of nitrogens with one attached hydrogen (secondary N) is 4. The quantitative estimate of drug-likeness (QED) is 0.337. The van der Waals surface area contributed by atoms with Crippen molar-refractivity contribution in [1.82, 2.24) is 0 Å². The van der Waals surface area contributed by atoms with Crippen LogP contribution in [0, 0.1) is 0 Å². The molecule has 0 aromatic rings. The van der Waals surface area contributed by atoms with Gasteiger partial charge in [-0.05, 0) is 0 Å². The van der Waals surface area contributed by atoms with E-state index in [1.807, 2.05) is 0 Å². The Morgan fingerprint density at radius 2 is 0.789 bits per heavy atom. The Balaban J connectivity index is -0.0000000560. The molecule has 0 heterocycles. The Morgan fingerprint density at radius 3 is 0.789 bits per heavy atom. The third-order valence-electron chi connectivity index (χ3n) is 0.596. The Morgan fingerprint density at radius 1 is 0.632 bits per heavy atom. The molecule has 120 valence electrons. The first-order valence-electron chi connectivity index (χ1n) is 4.14. The van der Waals surface area contributed by atoms with E-state index in [0.717, 1.165) is 0 Å². The van der Waals surface area contributed by atoms with Crippen LogP contribution in [0.4, 0.5) is 0 Å². The second-order valence-corrected chi connectivity index (χ2v) is 5.94. The van der Waals surface area contributed by atoms with Crippen LogP contribution in [0.15, 0.2) is 0 Å². The van der Waals surface area contributed by atoms with Gasteiger partial charge in [0.15, 0.2) is 0 Å². The Hall–Kier alpha value is 1.52. The molecule has 0 amide bonds. The van der Waals surface area contributed by atoms with E-state index < -0.39 is 21.1 Å². The van der Waals surface area contributed by atoms with Gasteiger partial charge in [-0.1, -0.05) is 15.2 Å². The molecule has 0 bridgehead atoms. The fourth-order valence-corrected chi connectivity index (χ4v) is 1.91. The largest absolute Gasteiger partial charge is 4.00 e. The van der Waals surface area contributed by atoms with Crippen LogP contribution in [0.3, 0.4) is 0 Å². The molecule has 0 saturated carbocycles. The summed E-state index contributed by atoms with van der Waals surface area (Å²) in [5.41, 5.74) is 25.1. The molecule has 0 saturated heterocycles. The van der Waals surface area contributed by atoms with Gasteiger partial charge in [-0.15, -0.1) is 0 Å². The van der Waals surface area contributed by atoms with Gasteiger partial charge in [0.1, 0.15) is 0 Å². The first-order valence-corrected chi connectivity index (χ1v) is 7.60. The van der Waals surface area contributed by atoms with Crippen molar-refractivity contribution in [3.05, 3.63) is 22.9 Å². The van der Waals surface area contributed by atoms with Crippen LogP contribution in [-0.2, 0) is 51.3 Å². The van der Waals surface area contributed by atoms with Crippen molar-refractivity contribution in [2.24, 2.45) is 0 Å². The molecule has 0 aliphatic carbocycles. The molecule has 0 unspecified atom stereocenters. The molecule has 4 N–H and O–H groups in total. The van der Waals surface area contributed by atoms with E-state index in [1.165, 1.54) is 0 Å². The van der Waals surface area contributed by atoms with Gasteiger partial charge in [-0.2, -0.15) is 26.2 Å². The molecule has 0 aliphatic heterocycles. The molecule has 19 heavy (non-hydrogen) atoms. The van der Waals surface area contributed by atoms with Crippen LogP contribution < -0.4 is 19.6 Å². The summed E-state index contributed by atoms with van der Waals surface area (Å²) in [6, 6.07) is 0. The molecule has 10 nitrogen and oxygen atoms in total. The molecule has 0 aromatic heterocycles. The SMILES string of the molecule is O=P([O-])([O-])CP(=O)([O-])[O-].[NH-]CC[NH-].[NH-]CC[NH-].[Pt+4].[Pt+4]. The molecule has 0 radical (unpaired) electrons. The Labute approximate surface area is 140 Å². The Bertz CT molecular complexity index is 222. The minimum Gasteiger partial charge on any atom is -0.810 e. The average Bonchev–Trinajstić information content (AvgIpc) is 2.13. The minimum atomic E-state index is -5.18. The third-order valence-corrected chi connectivity index (χ3v) is 3.37. The zero-order valence-corrected chi connectivity index (χ0v) is 15.8.